The number of hydrogen-bond acceptors (Lipinski definition) is 5. The molecule has 1 atom stereocenters. The van der Waals surface area contributed by atoms with E-state index < -0.39 is 5.97 Å². The van der Waals surface area contributed by atoms with Gasteiger partial charge in [-0.25, -0.2) is 4.79 Å². The molecule has 2 heterocycles. The summed E-state index contributed by atoms with van der Waals surface area (Å²) >= 11 is 0. The first-order valence-electron chi connectivity index (χ1n) is 6.96. The van der Waals surface area contributed by atoms with Crippen LogP contribution in [0.4, 0.5) is 0 Å². The molecule has 0 radical (unpaired) electrons. The van der Waals surface area contributed by atoms with Gasteiger partial charge in [-0.1, -0.05) is 6.92 Å². The van der Waals surface area contributed by atoms with Gasteiger partial charge in [0.05, 0.1) is 19.8 Å². The van der Waals surface area contributed by atoms with Crippen molar-refractivity contribution in [3.05, 3.63) is 23.7 Å². The number of amides is 1. The third-order valence-corrected chi connectivity index (χ3v) is 3.39. The fraction of sp³-hybridized carbons (Fsp3) is 0.571. The van der Waals surface area contributed by atoms with Crippen molar-refractivity contribution in [1.29, 1.82) is 0 Å². The Morgan fingerprint density at radius 3 is 2.71 bits per heavy atom. The highest BCUT2D eigenvalue weighted by Crippen LogP contribution is 2.08. The Labute approximate surface area is 122 Å². The van der Waals surface area contributed by atoms with E-state index in [0.717, 1.165) is 13.1 Å². The molecule has 21 heavy (non-hydrogen) atoms. The molecule has 1 unspecified atom stereocenters. The molecular formula is C14H20N2O5. The second-order valence-electron chi connectivity index (χ2n) is 5.10. The number of nitrogens with zero attached hydrogens (tertiary/aromatic N) is 1. The van der Waals surface area contributed by atoms with Crippen LogP contribution >= 0.6 is 0 Å². The van der Waals surface area contributed by atoms with Crippen molar-refractivity contribution < 1.29 is 23.8 Å². The second kappa shape index (κ2) is 7.24. The number of carbonyl (C=O) groups excluding carboxylic acids is 1. The average molecular weight is 296 g/mol. The molecule has 0 spiro atoms. The lowest BCUT2D eigenvalue weighted by Crippen LogP contribution is -2.42. The SMILES string of the molecule is CC(CN1CCOCC1)C(=O)NCc1ccc(C(=O)O)o1. The molecule has 7 heteroatoms. The highest BCUT2D eigenvalue weighted by Gasteiger charge is 2.19. The molecule has 2 rings (SSSR count). The largest absolute Gasteiger partial charge is 0.475 e. The molecule has 116 valence electrons. The number of nitrogens with one attached hydrogen (secondary N) is 1. The van der Waals surface area contributed by atoms with E-state index in [2.05, 4.69) is 10.2 Å². The lowest BCUT2D eigenvalue weighted by molar-refractivity contribution is -0.125. The minimum absolute atomic E-state index is 0.0743. The topological polar surface area (TPSA) is 92.0 Å². The summed E-state index contributed by atoms with van der Waals surface area (Å²) in [5.74, 6) is -1.03. The number of carbonyl (C=O) groups is 2. The van der Waals surface area contributed by atoms with Crippen molar-refractivity contribution in [3.8, 4) is 0 Å². The summed E-state index contributed by atoms with van der Waals surface area (Å²) in [6.07, 6.45) is 0. The van der Waals surface area contributed by atoms with Crippen LogP contribution < -0.4 is 5.32 Å². The van der Waals surface area contributed by atoms with Crippen molar-refractivity contribution in [1.82, 2.24) is 10.2 Å². The zero-order valence-corrected chi connectivity index (χ0v) is 12.0. The maximum absolute atomic E-state index is 12.0. The molecular weight excluding hydrogens is 276 g/mol. The van der Waals surface area contributed by atoms with Crippen molar-refractivity contribution in [2.45, 2.75) is 13.5 Å². The Bertz CT molecular complexity index is 493. The molecule has 1 aliphatic heterocycles. The maximum atomic E-state index is 12.0. The normalized spacial score (nSPS) is 17.4. The van der Waals surface area contributed by atoms with E-state index in [-0.39, 0.29) is 24.1 Å². The predicted octanol–water partition coefficient (Wildman–Crippen LogP) is 0.562. The molecule has 7 nitrogen and oxygen atoms in total. The molecule has 1 fully saturated rings. The number of carboxylic acids is 1. The van der Waals surface area contributed by atoms with Gasteiger partial charge in [0.25, 0.3) is 0 Å². The van der Waals surface area contributed by atoms with Gasteiger partial charge in [0.1, 0.15) is 5.76 Å². The molecule has 0 saturated carbocycles. The number of rotatable bonds is 6. The van der Waals surface area contributed by atoms with Gasteiger partial charge in [-0.05, 0) is 12.1 Å². The Morgan fingerprint density at radius 2 is 2.10 bits per heavy atom. The Kier molecular flexibility index (Phi) is 5.35. The molecule has 1 aliphatic rings. The highest BCUT2D eigenvalue weighted by molar-refractivity contribution is 5.84. The molecule has 1 amide bonds. The van der Waals surface area contributed by atoms with Crippen LogP contribution in [-0.2, 0) is 16.1 Å². The second-order valence-corrected chi connectivity index (χ2v) is 5.10. The standard InChI is InChI=1S/C14H20N2O5/c1-10(9-16-4-6-20-7-5-16)13(17)15-8-11-2-3-12(21-11)14(18)19/h2-3,10H,4-9H2,1H3,(H,15,17)(H,18,19). The van der Waals surface area contributed by atoms with Gasteiger partial charge in [0, 0.05) is 25.6 Å². The van der Waals surface area contributed by atoms with Crippen LogP contribution in [0.2, 0.25) is 0 Å². The molecule has 1 aromatic rings. The van der Waals surface area contributed by atoms with Crippen LogP contribution in [0.25, 0.3) is 0 Å². The van der Waals surface area contributed by atoms with Crippen LogP contribution in [-0.4, -0.2) is 54.7 Å². The Morgan fingerprint density at radius 1 is 1.38 bits per heavy atom. The summed E-state index contributed by atoms with van der Waals surface area (Å²) in [6, 6.07) is 2.93. The van der Waals surface area contributed by atoms with E-state index in [1.807, 2.05) is 6.92 Å². The fourth-order valence-electron chi connectivity index (χ4n) is 2.19. The van der Waals surface area contributed by atoms with E-state index in [1.165, 1.54) is 6.07 Å². The van der Waals surface area contributed by atoms with E-state index in [1.54, 1.807) is 6.07 Å². The quantitative estimate of drug-likeness (QED) is 0.797. The minimum Gasteiger partial charge on any atom is -0.475 e. The number of morpholine rings is 1. The van der Waals surface area contributed by atoms with E-state index in [9.17, 15) is 9.59 Å². The molecule has 0 bridgehead atoms. The fourth-order valence-corrected chi connectivity index (χ4v) is 2.19. The van der Waals surface area contributed by atoms with Gasteiger partial charge in [-0.2, -0.15) is 0 Å². The summed E-state index contributed by atoms with van der Waals surface area (Å²) in [5.41, 5.74) is 0. The summed E-state index contributed by atoms with van der Waals surface area (Å²) in [4.78, 5) is 24.9. The van der Waals surface area contributed by atoms with E-state index in [4.69, 9.17) is 14.3 Å². The van der Waals surface area contributed by atoms with Crippen molar-refractivity contribution in [3.63, 3.8) is 0 Å². The van der Waals surface area contributed by atoms with Crippen molar-refractivity contribution >= 4 is 11.9 Å². The van der Waals surface area contributed by atoms with Gasteiger partial charge in [0.2, 0.25) is 11.7 Å². The van der Waals surface area contributed by atoms with Gasteiger partial charge in [0.15, 0.2) is 0 Å². The van der Waals surface area contributed by atoms with Crippen molar-refractivity contribution in [2.24, 2.45) is 5.92 Å². The molecule has 0 aliphatic carbocycles. The van der Waals surface area contributed by atoms with Gasteiger partial charge in [-0.3, -0.25) is 9.69 Å². The maximum Gasteiger partial charge on any atom is 0.371 e. The third kappa shape index (κ3) is 4.57. The van der Waals surface area contributed by atoms with Crippen LogP contribution in [0.15, 0.2) is 16.5 Å². The summed E-state index contributed by atoms with van der Waals surface area (Å²) in [5, 5.41) is 11.5. The zero-order valence-electron chi connectivity index (χ0n) is 12.0. The summed E-state index contributed by atoms with van der Waals surface area (Å²) < 4.78 is 10.4. The number of carboxylic acid groups (broad SMARTS) is 1. The monoisotopic (exact) mass is 296 g/mol. The average Bonchev–Trinajstić information content (AvgIpc) is 2.95. The highest BCUT2D eigenvalue weighted by atomic mass is 16.5. The first kappa shape index (κ1) is 15.5. The smallest absolute Gasteiger partial charge is 0.371 e. The lowest BCUT2D eigenvalue weighted by Gasteiger charge is -2.28. The van der Waals surface area contributed by atoms with Crippen LogP contribution in [0.5, 0.6) is 0 Å². The number of aromatic carboxylic acids is 1. The Balaban J connectivity index is 1.76. The summed E-state index contributed by atoms with van der Waals surface area (Å²) in [6.45, 7) is 5.86. The number of furan rings is 1. The van der Waals surface area contributed by atoms with Crippen molar-refractivity contribution in [2.75, 3.05) is 32.8 Å². The Hall–Kier alpha value is -1.86. The minimum atomic E-state index is -1.12. The van der Waals surface area contributed by atoms with Gasteiger partial charge < -0.3 is 19.6 Å². The third-order valence-electron chi connectivity index (χ3n) is 3.39. The first-order valence-corrected chi connectivity index (χ1v) is 6.96. The number of ether oxygens (including phenoxy) is 1. The van der Waals surface area contributed by atoms with Crippen LogP contribution in [0, 0.1) is 5.92 Å². The first-order chi connectivity index (χ1) is 10.1. The lowest BCUT2D eigenvalue weighted by atomic mass is 10.1. The van der Waals surface area contributed by atoms with Crippen LogP contribution in [0.3, 0.4) is 0 Å². The van der Waals surface area contributed by atoms with Gasteiger partial charge in [-0.15, -0.1) is 0 Å². The van der Waals surface area contributed by atoms with Gasteiger partial charge >= 0.3 is 5.97 Å². The molecule has 1 saturated heterocycles. The zero-order chi connectivity index (χ0) is 15.2. The molecule has 1 aromatic heterocycles. The molecule has 2 N–H and O–H groups in total. The summed E-state index contributed by atoms with van der Waals surface area (Å²) in [7, 11) is 0. The van der Waals surface area contributed by atoms with Crippen LogP contribution in [0.1, 0.15) is 23.2 Å². The van der Waals surface area contributed by atoms with E-state index >= 15 is 0 Å². The molecule has 0 aromatic carbocycles. The van der Waals surface area contributed by atoms with E-state index in [0.29, 0.717) is 25.5 Å². The number of hydrogen-bond donors (Lipinski definition) is 2. The predicted molar refractivity (Wildman–Crippen MR) is 73.9 cm³/mol.